The van der Waals surface area contributed by atoms with Crippen molar-refractivity contribution in [3.63, 3.8) is 0 Å². The van der Waals surface area contributed by atoms with Gasteiger partial charge >= 0.3 is 11.9 Å². The zero-order valence-electron chi connectivity index (χ0n) is 25.8. The Morgan fingerprint density at radius 1 is 0.956 bits per heavy atom. The van der Waals surface area contributed by atoms with Crippen molar-refractivity contribution in [1.29, 1.82) is 0 Å². The van der Waals surface area contributed by atoms with E-state index in [0.717, 1.165) is 46.5 Å². The predicted molar refractivity (Wildman–Crippen MR) is 171 cm³/mol. The van der Waals surface area contributed by atoms with E-state index in [4.69, 9.17) is 21.3 Å². The number of carbonyl (C=O) groups excluding carboxylic acids is 2. The molecule has 9 heteroatoms. The molecule has 1 aliphatic heterocycles. The van der Waals surface area contributed by atoms with Gasteiger partial charge in [-0.3, -0.25) is 14.5 Å². The lowest BCUT2D eigenvalue weighted by atomic mass is 9.86. The number of hydrogen-bond acceptors (Lipinski definition) is 7. The molecular formula is C36H37N3O6. The summed E-state index contributed by atoms with van der Waals surface area (Å²) in [5.41, 5.74) is 6.88. The lowest BCUT2D eigenvalue weighted by Gasteiger charge is -2.39. The number of morpholine rings is 1. The maximum Gasteiger partial charge on any atom is 0.331 e. The Labute approximate surface area is 263 Å². The molecular weight excluding hydrogens is 570 g/mol. The second-order valence-corrected chi connectivity index (χ2v) is 11.9. The van der Waals surface area contributed by atoms with E-state index in [9.17, 15) is 14.4 Å². The predicted octanol–water partition coefficient (Wildman–Crippen LogP) is 6.60. The van der Waals surface area contributed by atoms with Crippen LogP contribution in [0.25, 0.3) is 16.0 Å². The summed E-state index contributed by atoms with van der Waals surface area (Å²) in [5, 5.41) is 13.1. The number of rotatable bonds is 11. The minimum atomic E-state index is -0.859. The number of fused-ring (bicyclic) bond motifs is 3. The first kappa shape index (κ1) is 31.8. The Balaban J connectivity index is 1.48. The van der Waals surface area contributed by atoms with Gasteiger partial charge in [0.05, 0.1) is 31.0 Å². The first-order valence-corrected chi connectivity index (χ1v) is 15.2. The summed E-state index contributed by atoms with van der Waals surface area (Å²) in [5.74, 6) is -1.44. The monoisotopic (exact) mass is 607 g/mol. The van der Waals surface area contributed by atoms with Crippen LogP contribution in [-0.4, -0.2) is 65.3 Å². The maximum atomic E-state index is 13.6. The number of carboxylic acids is 1. The van der Waals surface area contributed by atoms with Gasteiger partial charge in [0.1, 0.15) is 0 Å². The number of ether oxygens (including phenoxy) is 1. The van der Waals surface area contributed by atoms with E-state index in [1.54, 1.807) is 0 Å². The third-order valence-electron chi connectivity index (χ3n) is 8.67. The largest absolute Gasteiger partial charge is 0.481 e. The third kappa shape index (κ3) is 6.88. The Morgan fingerprint density at radius 2 is 1.58 bits per heavy atom. The van der Waals surface area contributed by atoms with Crippen LogP contribution in [0.15, 0.2) is 65.8 Å². The summed E-state index contributed by atoms with van der Waals surface area (Å²) in [6.45, 7) is 15.5. The van der Waals surface area contributed by atoms with Crippen LogP contribution in [0.4, 0.5) is 5.69 Å². The molecule has 0 bridgehead atoms. The highest BCUT2D eigenvalue weighted by molar-refractivity contribution is 6.03. The molecule has 1 atom stereocenters. The molecule has 1 saturated heterocycles. The molecule has 0 saturated carbocycles. The second-order valence-electron chi connectivity index (χ2n) is 11.9. The van der Waals surface area contributed by atoms with E-state index in [-0.39, 0.29) is 18.1 Å². The van der Waals surface area contributed by atoms with Crippen molar-refractivity contribution in [2.24, 2.45) is 5.16 Å². The molecule has 232 valence electrons. The van der Waals surface area contributed by atoms with Crippen LogP contribution in [0.5, 0.6) is 0 Å². The number of carboxylic acid groups (broad SMARTS) is 1. The Bertz CT molecular complexity index is 1680. The first-order chi connectivity index (χ1) is 21.6. The third-order valence-corrected chi connectivity index (χ3v) is 8.67. The van der Waals surface area contributed by atoms with Crippen LogP contribution in [0.2, 0.25) is 0 Å². The zero-order chi connectivity index (χ0) is 32.1. The second kappa shape index (κ2) is 13.6. The Morgan fingerprint density at radius 3 is 2.22 bits per heavy atom. The fourth-order valence-electron chi connectivity index (χ4n) is 6.22. The van der Waals surface area contributed by atoms with Crippen molar-refractivity contribution in [2.45, 2.75) is 57.9 Å². The number of nitrogens with zero attached hydrogens (tertiary/aromatic N) is 3. The molecule has 5 rings (SSSR count). The summed E-state index contributed by atoms with van der Waals surface area (Å²) in [6.07, 6.45) is 1.53. The summed E-state index contributed by atoms with van der Waals surface area (Å²) in [7, 11) is 0. The van der Waals surface area contributed by atoms with Gasteiger partial charge in [-0.05, 0) is 78.6 Å². The number of oxime groups is 1. The fraction of sp³-hybridized carbons (Fsp3) is 0.361. The van der Waals surface area contributed by atoms with Gasteiger partial charge in [0, 0.05) is 37.9 Å². The molecule has 1 aliphatic carbocycles. The van der Waals surface area contributed by atoms with E-state index < -0.39 is 17.5 Å². The summed E-state index contributed by atoms with van der Waals surface area (Å²) in [4.78, 5) is 47.0. The van der Waals surface area contributed by atoms with Crippen molar-refractivity contribution >= 4 is 29.1 Å². The van der Waals surface area contributed by atoms with Gasteiger partial charge in [0.15, 0.2) is 11.5 Å². The van der Waals surface area contributed by atoms with Crippen molar-refractivity contribution < 1.29 is 29.1 Å². The molecule has 2 aliphatic rings. The molecule has 1 N–H and O–H groups in total. The average Bonchev–Trinajstić information content (AvgIpc) is 3.37. The SMILES string of the molecule is [C-]#[N+]c1ccc2c(c1)-c1cc(/C(CCCCC(=O)O)=N/OC(C)=O)ccc1C2c1ccc(C(=O)C(C)(C)N2CCOCC2)cc1. The van der Waals surface area contributed by atoms with E-state index >= 15 is 0 Å². The average molecular weight is 608 g/mol. The van der Waals surface area contributed by atoms with Gasteiger partial charge in [-0.25, -0.2) is 9.64 Å². The van der Waals surface area contributed by atoms with Crippen LogP contribution >= 0.6 is 0 Å². The van der Waals surface area contributed by atoms with Crippen LogP contribution < -0.4 is 0 Å². The highest BCUT2D eigenvalue weighted by Crippen LogP contribution is 2.49. The van der Waals surface area contributed by atoms with Crippen LogP contribution in [-0.2, 0) is 19.2 Å². The minimum Gasteiger partial charge on any atom is -0.481 e. The molecule has 9 nitrogen and oxygen atoms in total. The normalized spacial score (nSPS) is 16.4. The van der Waals surface area contributed by atoms with Crippen LogP contribution in [0, 0.1) is 6.57 Å². The zero-order valence-corrected chi connectivity index (χ0v) is 25.8. The van der Waals surface area contributed by atoms with Gasteiger partial charge in [-0.15, -0.1) is 0 Å². The highest BCUT2D eigenvalue weighted by Gasteiger charge is 2.36. The molecule has 45 heavy (non-hydrogen) atoms. The lowest BCUT2D eigenvalue weighted by Crippen LogP contribution is -2.54. The summed E-state index contributed by atoms with van der Waals surface area (Å²) < 4.78 is 5.48. The molecule has 0 aromatic heterocycles. The number of hydrogen-bond donors (Lipinski definition) is 1. The first-order valence-electron chi connectivity index (χ1n) is 15.2. The topological polar surface area (TPSA) is 110 Å². The molecule has 3 aromatic carbocycles. The number of carbonyl (C=O) groups is 3. The lowest BCUT2D eigenvalue weighted by molar-refractivity contribution is -0.141. The Kier molecular flexibility index (Phi) is 9.57. The molecule has 1 unspecified atom stereocenters. The molecule has 1 heterocycles. The van der Waals surface area contributed by atoms with Crippen molar-refractivity contribution in [2.75, 3.05) is 26.3 Å². The van der Waals surface area contributed by atoms with E-state index in [1.165, 1.54) is 6.92 Å². The van der Waals surface area contributed by atoms with Gasteiger partial charge in [0.25, 0.3) is 0 Å². The van der Waals surface area contributed by atoms with Gasteiger partial charge in [-0.2, -0.15) is 0 Å². The smallest absolute Gasteiger partial charge is 0.331 e. The van der Waals surface area contributed by atoms with E-state index in [2.05, 4.69) is 14.9 Å². The van der Waals surface area contributed by atoms with Gasteiger partial charge in [0.2, 0.25) is 0 Å². The summed E-state index contributed by atoms with van der Waals surface area (Å²) >= 11 is 0. The highest BCUT2D eigenvalue weighted by atomic mass is 16.7. The minimum absolute atomic E-state index is 0.0502. The Hall–Kier alpha value is -4.65. The van der Waals surface area contributed by atoms with Gasteiger partial charge in [-0.1, -0.05) is 53.7 Å². The van der Waals surface area contributed by atoms with Crippen LogP contribution in [0.1, 0.15) is 85.0 Å². The fourth-order valence-corrected chi connectivity index (χ4v) is 6.22. The van der Waals surface area contributed by atoms with Crippen LogP contribution in [0.3, 0.4) is 0 Å². The van der Waals surface area contributed by atoms with Crippen molar-refractivity contribution in [3.05, 3.63) is 99.9 Å². The number of aliphatic carboxylic acids is 1. The molecule has 0 spiro atoms. The molecule has 3 aromatic rings. The standard InChI is InChI=1S/C36H37N3O6/c1-23(40)45-38-32(7-5-6-8-33(41)42)26-13-15-28-30(21-26)31-22-27(37-4)14-16-29(31)34(28)24-9-11-25(12-10-24)35(43)36(2,3)39-17-19-44-20-18-39/h9-16,21-22,34H,5-8,17-20H2,1-3H3,(H,41,42)/b38-32+. The van der Waals surface area contributed by atoms with Crippen molar-refractivity contribution in [1.82, 2.24) is 4.90 Å². The van der Waals surface area contributed by atoms with E-state index in [1.807, 2.05) is 74.5 Å². The molecule has 0 radical (unpaired) electrons. The number of Topliss-reactive ketones (excluding diaryl/α,β-unsaturated/α-hetero) is 1. The number of ketones is 1. The van der Waals surface area contributed by atoms with Gasteiger partial charge < -0.3 is 14.7 Å². The number of benzene rings is 3. The quantitative estimate of drug-likeness (QED) is 0.0511. The van der Waals surface area contributed by atoms with Crippen molar-refractivity contribution in [3.8, 4) is 11.1 Å². The molecule has 0 amide bonds. The summed E-state index contributed by atoms with van der Waals surface area (Å²) in [6, 6.07) is 19.5. The number of unbranched alkanes of at least 4 members (excludes halogenated alkanes) is 1. The maximum absolute atomic E-state index is 13.6. The van der Waals surface area contributed by atoms with E-state index in [0.29, 0.717) is 49.4 Å². The molecule has 1 fully saturated rings.